The molecule has 7 nitrogen and oxygen atoms in total. The van der Waals surface area contributed by atoms with Crippen LogP contribution in [0.3, 0.4) is 0 Å². The van der Waals surface area contributed by atoms with Gasteiger partial charge in [0.15, 0.2) is 12.4 Å². The first-order chi connectivity index (χ1) is 12.7. The third-order valence-electron chi connectivity index (χ3n) is 3.20. The zero-order valence-electron chi connectivity index (χ0n) is 15.4. The number of benzene rings is 2. The Labute approximate surface area is 157 Å². The van der Waals surface area contributed by atoms with Crippen LogP contribution >= 0.6 is 0 Å². The van der Waals surface area contributed by atoms with Gasteiger partial charge in [-0.15, -0.1) is 0 Å². The van der Waals surface area contributed by atoms with Crippen LogP contribution in [0.25, 0.3) is 0 Å². The predicted octanol–water partition coefficient (Wildman–Crippen LogP) is 3.31. The predicted molar refractivity (Wildman–Crippen MR) is 100 cm³/mol. The average molecular weight is 370 g/mol. The molecule has 2 aromatic carbocycles. The van der Waals surface area contributed by atoms with Crippen LogP contribution in [-0.4, -0.2) is 30.0 Å². The van der Waals surface area contributed by atoms with Crippen molar-refractivity contribution in [3.8, 4) is 0 Å². The Balaban J connectivity index is 1.88. The monoisotopic (exact) mass is 370 g/mol. The van der Waals surface area contributed by atoms with E-state index < -0.39 is 24.2 Å². The normalized spacial score (nSPS) is 10.8. The van der Waals surface area contributed by atoms with Crippen molar-refractivity contribution in [1.82, 2.24) is 5.48 Å². The molecule has 0 fully saturated rings. The van der Waals surface area contributed by atoms with Crippen molar-refractivity contribution in [3.63, 3.8) is 0 Å². The minimum absolute atomic E-state index is 0.144. The molecule has 0 radical (unpaired) electrons. The van der Waals surface area contributed by atoms with Crippen LogP contribution in [0.15, 0.2) is 54.6 Å². The van der Waals surface area contributed by atoms with Crippen LogP contribution in [0.2, 0.25) is 0 Å². The molecule has 2 rings (SSSR count). The first kappa shape index (κ1) is 20.1. The van der Waals surface area contributed by atoms with Crippen molar-refractivity contribution >= 4 is 23.5 Å². The van der Waals surface area contributed by atoms with Crippen molar-refractivity contribution in [2.24, 2.45) is 0 Å². The third kappa shape index (κ3) is 6.91. The fourth-order valence-electron chi connectivity index (χ4n) is 2.15. The van der Waals surface area contributed by atoms with Gasteiger partial charge in [-0.25, -0.2) is 4.79 Å². The van der Waals surface area contributed by atoms with Gasteiger partial charge in [0, 0.05) is 16.8 Å². The van der Waals surface area contributed by atoms with E-state index in [-0.39, 0.29) is 5.78 Å². The first-order valence-electron chi connectivity index (χ1n) is 8.35. The highest BCUT2D eigenvalue weighted by Crippen LogP contribution is 2.15. The zero-order chi connectivity index (χ0) is 19.9. The minimum Gasteiger partial charge on any atom is -0.442 e. The second-order valence-corrected chi connectivity index (χ2v) is 6.72. The van der Waals surface area contributed by atoms with Crippen molar-refractivity contribution < 1.29 is 24.0 Å². The topological polar surface area (TPSA) is 93.7 Å². The Bertz CT molecular complexity index is 813. The molecule has 0 aliphatic carbocycles. The summed E-state index contributed by atoms with van der Waals surface area (Å²) in [6.45, 7) is 4.73. The maximum Gasteiger partial charge on any atom is 0.431 e. The zero-order valence-corrected chi connectivity index (χ0v) is 15.4. The number of carbonyl (C=O) groups is 3. The summed E-state index contributed by atoms with van der Waals surface area (Å²) in [6, 6.07) is 15.4. The van der Waals surface area contributed by atoms with Gasteiger partial charge in [-0.3, -0.25) is 14.4 Å². The molecule has 0 aliphatic heterocycles. The van der Waals surface area contributed by atoms with E-state index in [0.29, 0.717) is 16.8 Å². The van der Waals surface area contributed by atoms with Gasteiger partial charge in [0.05, 0.1) is 0 Å². The number of rotatable bonds is 6. The SMILES string of the molecule is CC(C)(C)OC(=O)NOCC(=O)Nc1cccc(C(=O)c2ccccc2)c1. The molecule has 0 aliphatic rings. The molecular formula is C20H22N2O5. The summed E-state index contributed by atoms with van der Waals surface area (Å²) in [4.78, 5) is 40.6. The van der Waals surface area contributed by atoms with Crippen molar-refractivity contribution in [2.75, 3.05) is 11.9 Å². The Morgan fingerprint density at radius 1 is 0.926 bits per heavy atom. The van der Waals surface area contributed by atoms with Gasteiger partial charge in [0.1, 0.15) is 5.60 Å². The van der Waals surface area contributed by atoms with E-state index in [1.54, 1.807) is 69.3 Å². The molecular weight excluding hydrogens is 348 g/mol. The highest BCUT2D eigenvalue weighted by atomic mass is 16.7. The number of anilines is 1. The van der Waals surface area contributed by atoms with Gasteiger partial charge < -0.3 is 10.1 Å². The molecule has 0 atom stereocenters. The molecule has 2 N–H and O–H groups in total. The summed E-state index contributed by atoms with van der Waals surface area (Å²) in [5.74, 6) is -0.634. The number of hydrogen-bond donors (Lipinski definition) is 2. The number of ketones is 1. The van der Waals surface area contributed by atoms with E-state index in [1.165, 1.54) is 0 Å². The lowest BCUT2D eigenvalue weighted by atomic mass is 10.0. The van der Waals surface area contributed by atoms with Crippen molar-refractivity contribution in [1.29, 1.82) is 0 Å². The molecule has 0 bridgehead atoms. The standard InChI is InChI=1S/C20H22N2O5/c1-20(2,3)27-19(25)22-26-13-17(23)21-16-11-7-10-15(12-16)18(24)14-8-5-4-6-9-14/h4-12H,13H2,1-3H3,(H,21,23)(H,22,25). The summed E-state index contributed by atoms with van der Waals surface area (Å²) in [6.07, 6.45) is -0.786. The second-order valence-electron chi connectivity index (χ2n) is 6.72. The fraction of sp³-hybridized carbons (Fsp3) is 0.250. The van der Waals surface area contributed by atoms with Crippen LogP contribution in [-0.2, 0) is 14.4 Å². The average Bonchev–Trinajstić information content (AvgIpc) is 2.60. The van der Waals surface area contributed by atoms with Gasteiger partial charge in [-0.2, -0.15) is 5.48 Å². The van der Waals surface area contributed by atoms with Gasteiger partial charge in [0.2, 0.25) is 0 Å². The molecule has 0 heterocycles. The smallest absolute Gasteiger partial charge is 0.431 e. The summed E-state index contributed by atoms with van der Waals surface area (Å²) >= 11 is 0. The van der Waals surface area contributed by atoms with E-state index in [9.17, 15) is 14.4 Å². The molecule has 0 saturated heterocycles. The fourth-order valence-corrected chi connectivity index (χ4v) is 2.15. The maximum atomic E-state index is 12.4. The molecule has 0 aromatic heterocycles. The number of hydrogen-bond acceptors (Lipinski definition) is 5. The van der Waals surface area contributed by atoms with Crippen LogP contribution in [0.4, 0.5) is 10.5 Å². The number of amides is 2. The Morgan fingerprint density at radius 2 is 1.59 bits per heavy atom. The van der Waals surface area contributed by atoms with Crippen molar-refractivity contribution in [3.05, 3.63) is 65.7 Å². The quantitative estimate of drug-likeness (QED) is 0.601. The van der Waals surface area contributed by atoms with Crippen LogP contribution in [0, 0.1) is 0 Å². The summed E-state index contributed by atoms with van der Waals surface area (Å²) in [5, 5.41) is 2.60. The lowest BCUT2D eigenvalue weighted by Gasteiger charge is -2.19. The molecule has 0 spiro atoms. The Kier molecular flexibility index (Phi) is 6.67. The number of nitrogens with one attached hydrogen (secondary N) is 2. The van der Waals surface area contributed by atoms with E-state index in [1.807, 2.05) is 11.5 Å². The maximum absolute atomic E-state index is 12.4. The third-order valence-corrected chi connectivity index (χ3v) is 3.20. The molecule has 142 valence electrons. The van der Waals surface area contributed by atoms with Gasteiger partial charge >= 0.3 is 6.09 Å². The van der Waals surface area contributed by atoms with Crippen LogP contribution in [0.5, 0.6) is 0 Å². The lowest BCUT2D eigenvalue weighted by molar-refractivity contribution is -0.122. The number of ether oxygens (including phenoxy) is 1. The lowest BCUT2D eigenvalue weighted by Crippen LogP contribution is -2.34. The molecule has 0 saturated carbocycles. The van der Waals surface area contributed by atoms with Gasteiger partial charge in [-0.1, -0.05) is 42.5 Å². The van der Waals surface area contributed by atoms with Crippen LogP contribution in [0.1, 0.15) is 36.7 Å². The molecule has 7 heteroatoms. The van der Waals surface area contributed by atoms with Crippen molar-refractivity contribution in [2.45, 2.75) is 26.4 Å². The van der Waals surface area contributed by atoms with Gasteiger partial charge in [0.25, 0.3) is 5.91 Å². The highest BCUT2D eigenvalue weighted by Gasteiger charge is 2.16. The first-order valence-corrected chi connectivity index (χ1v) is 8.35. The van der Waals surface area contributed by atoms with E-state index >= 15 is 0 Å². The molecule has 2 amide bonds. The van der Waals surface area contributed by atoms with E-state index in [4.69, 9.17) is 9.57 Å². The highest BCUT2D eigenvalue weighted by molar-refractivity contribution is 6.09. The minimum atomic E-state index is -0.786. The molecule has 2 aromatic rings. The number of carbonyl (C=O) groups excluding carboxylic acids is 3. The van der Waals surface area contributed by atoms with E-state index in [2.05, 4.69) is 5.32 Å². The van der Waals surface area contributed by atoms with E-state index in [0.717, 1.165) is 0 Å². The van der Waals surface area contributed by atoms with Crippen LogP contribution < -0.4 is 10.8 Å². The molecule has 27 heavy (non-hydrogen) atoms. The molecule has 0 unspecified atom stereocenters. The summed E-state index contributed by atoms with van der Waals surface area (Å²) in [7, 11) is 0. The van der Waals surface area contributed by atoms with Gasteiger partial charge in [-0.05, 0) is 32.9 Å². The Hall–Kier alpha value is -3.19. The summed E-state index contributed by atoms with van der Waals surface area (Å²) in [5.41, 5.74) is 2.82. The largest absolute Gasteiger partial charge is 0.442 e. The number of hydroxylamine groups is 1. The second kappa shape index (κ2) is 8.95. The Morgan fingerprint density at radius 3 is 2.26 bits per heavy atom. The summed E-state index contributed by atoms with van der Waals surface area (Å²) < 4.78 is 4.98.